The van der Waals surface area contributed by atoms with Crippen LogP contribution >= 0.6 is 0 Å². The molecule has 22 heavy (non-hydrogen) atoms. The fourth-order valence-corrected chi connectivity index (χ4v) is 2.30. The van der Waals surface area contributed by atoms with Crippen LogP contribution in [0.4, 0.5) is 0 Å². The lowest BCUT2D eigenvalue weighted by atomic mass is 10.1. The molecular weight excluding hydrogens is 284 g/mol. The lowest BCUT2D eigenvalue weighted by Crippen LogP contribution is -2.36. The lowest BCUT2D eigenvalue weighted by molar-refractivity contribution is 0.476. The summed E-state index contributed by atoms with van der Waals surface area (Å²) < 4.78 is 2.44. The van der Waals surface area contributed by atoms with E-state index in [2.05, 4.69) is 10.1 Å². The van der Waals surface area contributed by atoms with Crippen molar-refractivity contribution < 1.29 is 5.11 Å². The van der Waals surface area contributed by atoms with E-state index in [1.165, 1.54) is 11.7 Å². The monoisotopic (exact) mass is 298 g/mol. The fourth-order valence-electron chi connectivity index (χ4n) is 2.30. The predicted molar refractivity (Wildman–Crippen MR) is 80.9 cm³/mol. The number of aromatic nitrogens is 4. The van der Waals surface area contributed by atoms with Gasteiger partial charge in [0.25, 0.3) is 5.56 Å². The average Bonchev–Trinajstić information content (AvgIpc) is 2.52. The van der Waals surface area contributed by atoms with Gasteiger partial charge in [-0.3, -0.25) is 9.36 Å². The number of para-hydroxylation sites is 1. The Morgan fingerprint density at radius 2 is 1.91 bits per heavy atom. The Labute approximate surface area is 125 Å². The fraction of sp³-hybridized carbons (Fsp3) is 0.200. The first-order valence-electron chi connectivity index (χ1n) is 6.80. The molecule has 2 aliphatic heterocycles. The third-order valence-electron chi connectivity index (χ3n) is 3.50. The molecule has 0 aromatic heterocycles. The van der Waals surface area contributed by atoms with Gasteiger partial charge in [0, 0.05) is 19.2 Å². The first-order chi connectivity index (χ1) is 10.5. The molecular formula is C15H14N4O3. The highest BCUT2D eigenvalue weighted by molar-refractivity contribution is 5.71. The molecule has 0 radical (unpaired) electrons. The molecule has 3 rings (SSSR count). The lowest BCUT2D eigenvalue weighted by Gasteiger charge is -2.14. The van der Waals surface area contributed by atoms with Crippen LogP contribution in [-0.2, 0) is 13.6 Å². The third kappa shape index (κ3) is 2.07. The van der Waals surface area contributed by atoms with Crippen molar-refractivity contribution in [3.63, 3.8) is 0 Å². The SMILES string of the molecule is CCn1nc(-c2ccccc2O)cc2c(=O)n(C)c(=O)nc1-2. The maximum absolute atomic E-state index is 12.3. The van der Waals surface area contributed by atoms with Crippen LogP contribution in [0.2, 0.25) is 0 Å². The topological polar surface area (TPSA) is 90.0 Å². The van der Waals surface area contributed by atoms with E-state index in [9.17, 15) is 14.7 Å². The number of nitrogens with zero attached hydrogens (tertiary/aromatic N) is 4. The number of aromatic hydroxyl groups is 1. The molecule has 0 atom stereocenters. The van der Waals surface area contributed by atoms with E-state index < -0.39 is 11.2 Å². The maximum atomic E-state index is 12.3. The van der Waals surface area contributed by atoms with Gasteiger partial charge >= 0.3 is 5.69 Å². The summed E-state index contributed by atoms with van der Waals surface area (Å²) in [5.41, 5.74) is 0.204. The van der Waals surface area contributed by atoms with Gasteiger partial charge in [-0.05, 0) is 25.1 Å². The molecule has 0 spiro atoms. The Kier molecular flexibility index (Phi) is 3.25. The van der Waals surface area contributed by atoms with Gasteiger partial charge in [0.2, 0.25) is 0 Å². The molecule has 0 aliphatic carbocycles. The summed E-state index contributed by atoms with van der Waals surface area (Å²) in [6, 6.07) is 8.29. The van der Waals surface area contributed by atoms with Crippen molar-refractivity contribution in [1.82, 2.24) is 19.3 Å². The minimum absolute atomic E-state index is 0.0715. The molecule has 0 amide bonds. The molecule has 0 saturated heterocycles. The molecule has 0 fully saturated rings. The number of hydrogen-bond acceptors (Lipinski definition) is 5. The first-order valence-corrected chi connectivity index (χ1v) is 6.80. The van der Waals surface area contributed by atoms with Crippen molar-refractivity contribution in [3.8, 4) is 28.4 Å². The number of fused-ring (bicyclic) bond motifs is 1. The molecule has 0 bridgehead atoms. The zero-order chi connectivity index (χ0) is 15.9. The molecule has 7 heteroatoms. The number of rotatable bonds is 2. The van der Waals surface area contributed by atoms with Crippen molar-refractivity contribution in [1.29, 1.82) is 0 Å². The van der Waals surface area contributed by atoms with Crippen LogP contribution in [0.1, 0.15) is 6.92 Å². The second kappa shape index (κ2) is 5.10. The van der Waals surface area contributed by atoms with Crippen LogP contribution < -0.4 is 11.2 Å². The Balaban J connectivity index is 2.41. The molecule has 1 aromatic rings. The predicted octanol–water partition coefficient (Wildman–Crippen LogP) is 0.834. The van der Waals surface area contributed by atoms with Crippen LogP contribution in [0, 0.1) is 0 Å². The van der Waals surface area contributed by atoms with Gasteiger partial charge in [-0.1, -0.05) is 12.1 Å². The zero-order valence-electron chi connectivity index (χ0n) is 12.1. The quantitative estimate of drug-likeness (QED) is 0.757. The molecule has 1 aromatic carbocycles. The van der Waals surface area contributed by atoms with Gasteiger partial charge in [-0.2, -0.15) is 10.1 Å². The molecule has 2 aliphatic rings. The first kappa shape index (κ1) is 14.0. The van der Waals surface area contributed by atoms with Crippen molar-refractivity contribution >= 4 is 0 Å². The van der Waals surface area contributed by atoms with Gasteiger partial charge in [0.05, 0.1) is 11.3 Å². The zero-order valence-corrected chi connectivity index (χ0v) is 12.1. The summed E-state index contributed by atoms with van der Waals surface area (Å²) in [4.78, 5) is 27.9. The van der Waals surface area contributed by atoms with Gasteiger partial charge in [0.1, 0.15) is 5.75 Å². The Morgan fingerprint density at radius 3 is 2.59 bits per heavy atom. The molecule has 0 saturated carbocycles. The Bertz CT molecular complexity index is 942. The summed E-state index contributed by atoms with van der Waals surface area (Å²) in [5.74, 6) is 0.317. The second-order valence-electron chi connectivity index (χ2n) is 4.86. The van der Waals surface area contributed by atoms with E-state index in [0.29, 0.717) is 17.8 Å². The van der Waals surface area contributed by atoms with Crippen LogP contribution in [0.5, 0.6) is 5.75 Å². The molecule has 0 unspecified atom stereocenters. The largest absolute Gasteiger partial charge is 0.507 e. The van der Waals surface area contributed by atoms with Crippen molar-refractivity contribution in [2.75, 3.05) is 0 Å². The third-order valence-corrected chi connectivity index (χ3v) is 3.50. The highest BCUT2D eigenvalue weighted by atomic mass is 16.3. The number of benzene rings is 1. The number of hydrogen-bond donors (Lipinski definition) is 1. The van der Waals surface area contributed by atoms with Gasteiger partial charge in [0.15, 0.2) is 5.82 Å². The van der Waals surface area contributed by atoms with Crippen LogP contribution in [0.25, 0.3) is 22.6 Å². The normalized spacial score (nSPS) is 11.0. The van der Waals surface area contributed by atoms with E-state index in [1.54, 1.807) is 30.3 Å². The number of phenolic OH excluding ortho intramolecular Hbond substituents is 1. The van der Waals surface area contributed by atoms with E-state index in [4.69, 9.17) is 0 Å². The Hall–Kier alpha value is -2.96. The summed E-state index contributed by atoms with van der Waals surface area (Å²) in [5, 5.41) is 14.3. The molecule has 112 valence electrons. The van der Waals surface area contributed by atoms with Gasteiger partial charge in [-0.25, -0.2) is 9.48 Å². The minimum Gasteiger partial charge on any atom is -0.507 e. The molecule has 2 heterocycles. The number of phenols is 1. The second-order valence-corrected chi connectivity index (χ2v) is 4.86. The van der Waals surface area contributed by atoms with Gasteiger partial charge < -0.3 is 5.11 Å². The minimum atomic E-state index is -0.614. The standard InChI is InChI=1S/C15H14N4O3/c1-3-19-13-10(14(21)18(2)15(22)16-13)8-11(17-19)9-6-4-5-7-12(9)20/h4-8,20H,3H2,1-2H3. The van der Waals surface area contributed by atoms with Gasteiger partial charge in [-0.15, -0.1) is 0 Å². The van der Waals surface area contributed by atoms with Crippen LogP contribution in [0.15, 0.2) is 39.9 Å². The van der Waals surface area contributed by atoms with Crippen molar-refractivity contribution in [2.24, 2.45) is 7.05 Å². The van der Waals surface area contributed by atoms with E-state index in [1.807, 2.05) is 6.92 Å². The summed E-state index contributed by atoms with van der Waals surface area (Å²) in [6.07, 6.45) is 0. The van der Waals surface area contributed by atoms with Crippen LogP contribution in [-0.4, -0.2) is 24.4 Å². The Morgan fingerprint density at radius 1 is 1.18 bits per heavy atom. The van der Waals surface area contributed by atoms with Crippen molar-refractivity contribution in [2.45, 2.75) is 13.5 Å². The average molecular weight is 298 g/mol. The van der Waals surface area contributed by atoms with E-state index >= 15 is 0 Å². The smallest absolute Gasteiger partial charge is 0.352 e. The van der Waals surface area contributed by atoms with Crippen molar-refractivity contribution in [3.05, 3.63) is 51.2 Å². The molecule has 1 N–H and O–H groups in total. The van der Waals surface area contributed by atoms with E-state index in [0.717, 1.165) is 4.57 Å². The summed E-state index contributed by atoms with van der Waals surface area (Å²) in [6.45, 7) is 2.28. The number of aryl methyl sites for hydroxylation is 1. The maximum Gasteiger partial charge on any atom is 0.352 e. The van der Waals surface area contributed by atoms with E-state index in [-0.39, 0.29) is 17.1 Å². The highest BCUT2D eigenvalue weighted by Crippen LogP contribution is 2.29. The molecule has 7 nitrogen and oxygen atoms in total. The summed E-state index contributed by atoms with van der Waals surface area (Å²) >= 11 is 0. The van der Waals surface area contributed by atoms with Crippen LogP contribution in [0.3, 0.4) is 0 Å². The highest BCUT2D eigenvalue weighted by Gasteiger charge is 2.19. The summed E-state index contributed by atoms with van der Waals surface area (Å²) in [7, 11) is 1.38.